The van der Waals surface area contributed by atoms with Crippen molar-refractivity contribution in [1.29, 1.82) is 0 Å². The molecule has 0 bridgehead atoms. The van der Waals surface area contributed by atoms with E-state index in [9.17, 15) is 9.59 Å². The number of nitrogens with one attached hydrogen (secondary N) is 1. The molecule has 0 radical (unpaired) electrons. The third kappa shape index (κ3) is 3.27. The number of aromatic nitrogens is 3. The normalized spacial score (nSPS) is 14.0. The van der Waals surface area contributed by atoms with Gasteiger partial charge in [-0.05, 0) is 56.7 Å². The Bertz CT molecular complexity index is 1080. The molecule has 0 saturated carbocycles. The van der Waals surface area contributed by atoms with Crippen LogP contribution in [0, 0.1) is 13.8 Å². The predicted octanol–water partition coefficient (Wildman–Crippen LogP) is 3.02. The van der Waals surface area contributed by atoms with E-state index in [0.29, 0.717) is 5.52 Å². The van der Waals surface area contributed by atoms with Crippen molar-refractivity contribution < 1.29 is 4.79 Å². The Hall–Kier alpha value is -2.89. The summed E-state index contributed by atoms with van der Waals surface area (Å²) in [5.41, 5.74) is 5.50. The van der Waals surface area contributed by atoms with Gasteiger partial charge in [-0.1, -0.05) is 18.6 Å². The predicted molar refractivity (Wildman–Crippen MR) is 105 cm³/mol. The van der Waals surface area contributed by atoms with E-state index in [0.717, 1.165) is 53.8 Å². The number of rotatable bonds is 3. The average molecular weight is 364 g/mol. The van der Waals surface area contributed by atoms with Crippen LogP contribution in [-0.4, -0.2) is 20.1 Å². The maximum absolute atomic E-state index is 13.0. The molecule has 0 spiro atoms. The first-order chi connectivity index (χ1) is 13.0. The summed E-state index contributed by atoms with van der Waals surface area (Å²) in [5, 5.41) is 7.51. The lowest BCUT2D eigenvalue weighted by atomic mass is 10.1. The Balaban J connectivity index is 1.63. The maximum Gasteiger partial charge on any atom is 0.277 e. The van der Waals surface area contributed by atoms with Crippen LogP contribution in [0.1, 0.15) is 41.6 Å². The second kappa shape index (κ2) is 7.02. The second-order valence-corrected chi connectivity index (χ2v) is 7.31. The number of amides is 1. The summed E-state index contributed by atoms with van der Waals surface area (Å²) in [4.78, 5) is 25.5. The molecule has 2 heterocycles. The van der Waals surface area contributed by atoms with Gasteiger partial charge in [-0.15, -0.1) is 0 Å². The summed E-state index contributed by atoms with van der Waals surface area (Å²) < 4.78 is 3.15. The zero-order chi connectivity index (χ0) is 19.0. The Kier molecular flexibility index (Phi) is 4.56. The highest BCUT2D eigenvalue weighted by molar-refractivity contribution is 5.91. The van der Waals surface area contributed by atoms with Crippen LogP contribution in [0.2, 0.25) is 0 Å². The van der Waals surface area contributed by atoms with Gasteiger partial charge in [0.15, 0.2) is 0 Å². The van der Waals surface area contributed by atoms with Crippen LogP contribution in [0.3, 0.4) is 0 Å². The van der Waals surface area contributed by atoms with Crippen LogP contribution in [0.25, 0.3) is 5.52 Å². The first-order valence-electron chi connectivity index (χ1n) is 9.50. The zero-order valence-electron chi connectivity index (χ0n) is 15.8. The summed E-state index contributed by atoms with van der Waals surface area (Å²) >= 11 is 0. The summed E-state index contributed by atoms with van der Waals surface area (Å²) in [5.74, 6) is -0.208. The smallest absolute Gasteiger partial charge is 0.277 e. The molecule has 0 unspecified atom stereocenters. The number of carbonyl (C=O) groups is 1. The number of nitrogens with zero attached hydrogens (tertiary/aromatic N) is 3. The van der Waals surface area contributed by atoms with E-state index >= 15 is 0 Å². The topological polar surface area (TPSA) is 68.4 Å². The van der Waals surface area contributed by atoms with Gasteiger partial charge in [0.2, 0.25) is 5.91 Å². The fourth-order valence-corrected chi connectivity index (χ4v) is 3.79. The molecule has 1 aromatic carbocycles. The second-order valence-electron chi connectivity index (χ2n) is 7.31. The van der Waals surface area contributed by atoms with Crippen molar-refractivity contribution in [1.82, 2.24) is 14.2 Å². The van der Waals surface area contributed by atoms with E-state index in [-0.39, 0.29) is 18.0 Å². The molecule has 1 amide bonds. The third-order valence-electron chi connectivity index (χ3n) is 5.48. The molecule has 0 aliphatic heterocycles. The summed E-state index contributed by atoms with van der Waals surface area (Å²) in [6.07, 6.45) is 8.58. The van der Waals surface area contributed by atoms with E-state index in [4.69, 9.17) is 0 Å². The fourth-order valence-electron chi connectivity index (χ4n) is 3.79. The Morgan fingerprint density at radius 1 is 1.15 bits per heavy atom. The van der Waals surface area contributed by atoms with Crippen molar-refractivity contribution >= 4 is 17.1 Å². The lowest BCUT2D eigenvalue weighted by Crippen LogP contribution is -2.28. The number of hydrogen-bond acceptors (Lipinski definition) is 3. The van der Waals surface area contributed by atoms with Crippen molar-refractivity contribution in [3.8, 4) is 0 Å². The molecule has 3 aromatic rings. The van der Waals surface area contributed by atoms with Gasteiger partial charge in [0.1, 0.15) is 12.1 Å². The monoisotopic (exact) mass is 364 g/mol. The summed E-state index contributed by atoms with van der Waals surface area (Å²) in [6.45, 7) is 3.97. The first-order valence-corrected chi connectivity index (χ1v) is 9.50. The number of benzene rings is 1. The molecular weight excluding hydrogens is 340 g/mol. The lowest BCUT2D eigenvalue weighted by molar-refractivity contribution is -0.116. The van der Waals surface area contributed by atoms with Crippen molar-refractivity contribution in [2.24, 2.45) is 0 Å². The summed E-state index contributed by atoms with van der Waals surface area (Å²) in [6, 6.07) is 5.80. The van der Waals surface area contributed by atoms with Crippen LogP contribution in [0.4, 0.5) is 5.69 Å². The molecule has 27 heavy (non-hydrogen) atoms. The third-order valence-corrected chi connectivity index (χ3v) is 5.48. The first kappa shape index (κ1) is 17.5. The van der Waals surface area contributed by atoms with Gasteiger partial charge in [-0.3, -0.25) is 9.59 Å². The largest absolute Gasteiger partial charge is 0.324 e. The van der Waals surface area contributed by atoms with Gasteiger partial charge in [0, 0.05) is 23.6 Å². The van der Waals surface area contributed by atoms with Crippen molar-refractivity contribution in [2.45, 2.75) is 52.5 Å². The number of carbonyl (C=O) groups excluding carboxylic acids is 1. The average Bonchev–Trinajstić information content (AvgIpc) is 2.84. The van der Waals surface area contributed by atoms with Crippen molar-refractivity contribution in [3.05, 3.63) is 63.3 Å². The molecule has 1 aliphatic carbocycles. The molecular formula is C21H24N4O2. The van der Waals surface area contributed by atoms with Crippen molar-refractivity contribution in [2.75, 3.05) is 5.32 Å². The zero-order valence-corrected chi connectivity index (χ0v) is 15.8. The van der Waals surface area contributed by atoms with E-state index in [1.807, 2.05) is 32.0 Å². The number of hydrogen-bond donors (Lipinski definition) is 1. The number of anilines is 1. The van der Waals surface area contributed by atoms with Gasteiger partial charge in [-0.25, -0.2) is 4.52 Å². The van der Waals surface area contributed by atoms with Gasteiger partial charge in [0.05, 0.1) is 5.69 Å². The van der Waals surface area contributed by atoms with Crippen LogP contribution in [0.5, 0.6) is 0 Å². The minimum atomic E-state index is -0.208. The lowest BCUT2D eigenvalue weighted by Gasteiger charge is -2.11. The SMILES string of the molecule is Cc1cccc(NC(=O)Cn2ccn3nc4c(c3c2=O)CCCCC4)c1C. The molecule has 6 nitrogen and oxygen atoms in total. The Morgan fingerprint density at radius 3 is 2.81 bits per heavy atom. The molecule has 2 aromatic heterocycles. The minimum Gasteiger partial charge on any atom is -0.324 e. The number of aryl methyl sites for hydroxylation is 3. The van der Waals surface area contributed by atoms with E-state index in [1.54, 1.807) is 16.9 Å². The van der Waals surface area contributed by atoms with E-state index in [2.05, 4.69) is 10.4 Å². The van der Waals surface area contributed by atoms with Crippen LogP contribution >= 0.6 is 0 Å². The molecule has 140 valence electrons. The Labute approximate surface area is 157 Å². The molecule has 0 fully saturated rings. The van der Waals surface area contributed by atoms with E-state index < -0.39 is 0 Å². The highest BCUT2D eigenvalue weighted by atomic mass is 16.2. The van der Waals surface area contributed by atoms with Crippen LogP contribution in [-0.2, 0) is 24.2 Å². The molecule has 0 saturated heterocycles. The van der Waals surface area contributed by atoms with Crippen LogP contribution in [0.15, 0.2) is 35.4 Å². The van der Waals surface area contributed by atoms with Gasteiger partial charge >= 0.3 is 0 Å². The standard InChI is InChI=1S/C21H24N4O2/c1-14-7-6-10-17(15(14)2)22-19(26)13-24-11-12-25-20(21(24)27)16-8-4-3-5-9-18(16)23-25/h6-7,10-12H,3-5,8-9,13H2,1-2H3,(H,22,26). The minimum absolute atomic E-state index is 0.0112. The maximum atomic E-state index is 13.0. The van der Waals surface area contributed by atoms with Gasteiger partial charge in [-0.2, -0.15) is 5.10 Å². The highest BCUT2D eigenvalue weighted by Crippen LogP contribution is 2.22. The fraction of sp³-hybridized carbons (Fsp3) is 0.381. The molecule has 1 N–H and O–H groups in total. The van der Waals surface area contributed by atoms with Gasteiger partial charge in [0.25, 0.3) is 5.56 Å². The molecule has 1 aliphatic rings. The van der Waals surface area contributed by atoms with Gasteiger partial charge < -0.3 is 9.88 Å². The quantitative estimate of drug-likeness (QED) is 0.727. The van der Waals surface area contributed by atoms with E-state index in [1.165, 1.54) is 11.0 Å². The summed E-state index contributed by atoms with van der Waals surface area (Å²) in [7, 11) is 0. The molecule has 6 heteroatoms. The highest BCUT2D eigenvalue weighted by Gasteiger charge is 2.19. The molecule has 4 rings (SSSR count). The van der Waals surface area contributed by atoms with Crippen LogP contribution < -0.4 is 10.9 Å². The number of fused-ring (bicyclic) bond motifs is 3. The Morgan fingerprint density at radius 2 is 1.96 bits per heavy atom. The molecule has 0 atom stereocenters. The van der Waals surface area contributed by atoms with Crippen molar-refractivity contribution in [3.63, 3.8) is 0 Å².